The van der Waals surface area contributed by atoms with Gasteiger partial charge in [0.1, 0.15) is 0 Å². The lowest BCUT2D eigenvalue weighted by atomic mass is 10.2. The van der Waals surface area contributed by atoms with Crippen LogP contribution in [0.15, 0.2) is 36.5 Å². The lowest BCUT2D eigenvalue weighted by molar-refractivity contribution is 0.823. The smallest absolute Gasteiger partial charge is 0.185 e. The van der Waals surface area contributed by atoms with Crippen molar-refractivity contribution >= 4 is 16.5 Å². The highest BCUT2D eigenvalue weighted by atomic mass is 32.1. The summed E-state index contributed by atoms with van der Waals surface area (Å²) in [4.78, 5) is 8.09. The molecular weight excluding hydrogens is 242 g/mol. The molecule has 0 saturated heterocycles. The second-order valence-electron chi connectivity index (χ2n) is 4.14. The van der Waals surface area contributed by atoms with E-state index < -0.39 is 0 Å². The van der Waals surface area contributed by atoms with Gasteiger partial charge in [0.05, 0.1) is 0 Å². The average molecular weight is 261 g/mol. The van der Waals surface area contributed by atoms with Crippen LogP contribution in [0.5, 0.6) is 0 Å². The molecule has 1 aromatic carbocycles. The van der Waals surface area contributed by atoms with Crippen molar-refractivity contribution in [2.75, 3.05) is 18.5 Å². The number of rotatable bonds is 6. The Morgan fingerprint density at radius 2 is 2.06 bits per heavy atom. The average Bonchev–Trinajstić information content (AvgIpc) is 2.86. The molecule has 2 rings (SSSR count). The van der Waals surface area contributed by atoms with Crippen LogP contribution in [0.25, 0.3) is 0 Å². The Hall–Kier alpha value is -1.39. The highest BCUT2D eigenvalue weighted by Crippen LogP contribution is 2.23. The second kappa shape index (κ2) is 6.52. The van der Waals surface area contributed by atoms with Crippen molar-refractivity contribution in [3.05, 3.63) is 47.0 Å². The summed E-state index contributed by atoms with van der Waals surface area (Å²) in [5.74, 6) is 0. The lowest BCUT2D eigenvalue weighted by Crippen LogP contribution is -2.21. The summed E-state index contributed by atoms with van der Waals surface area (Å²) < 4.78 is 0. The molecule has 0 unspecified atom stereocenters. The summed E-state index contributed by atoms with van der Waals surface area (Å²) >= 11 is 1.76. The Balaban J connectivity index is 2.08. The predicted molar refractivity (Wildman–Crippen MR) is 78.0 cm³/mol. The van der Waals surface area contributed by atoms with E-state index in [1.807, 2.05) is 19.3 Å². The van der Waals surface area contributed by atoms with Crippen molar-refractivity contribution in [3.8, 4) is 0 Å². The van der Waals surface area contributed by atoms with Gasteiger partial charge in [-0.05, 0) is 19.5 Å². The van der Waals surface area contributed by atoms with E-state index >= 15 is 0 Å². The Labute approximate surface area is 112 Å². The molecule has 0 aliphatic carbocycles. The van der Waals surface area contributed by atoms with Gasteiger partial charge in [0.2, 0.25) is 0 Å². The van der Waals surface area contributed by atoms with Gasteiger partial charge < -0.3 is 10.2 Å². The first kappa shape index (κ1) is 13.1. The van der Waals surface area contributed by atoms with E-state index in [0.717, 1.165) is 24.8 Å². The standard InChI is InChI=1S/C14H19N3S/c1-3-17(11-12-7-5-4-6-8-12)14-16-10-13(18-14)9-15-2/h4-8,10,15H,3,9,11H2,1-2H3. The van der Waals surface area contributed by atoms with Crippen LogP contribution in [-0.2, 0) is 13.1 Å². The van der Waals surface area contributed by atoms with E-state index in [1.165, 1.54) is 10.4 Å². The van der Waals surface area contributed by atoms with E-state index in [0.29, 0.717) is 0 Å². The number of thiazole rings is 1. The van der Waals surface area contributed by atoms with E-state index in [1.54, 1.807) is 11.3 Å². The van der Waals surface area contributed by atoms with Crippen molar-refractivity contribution < 1.29 is 0 Å². The topological polar surface area (TPSA) is 28.2 Å². The maximum Gasteiger partial charge on any atom is 0.185 e. The molecule has 0 amide bonds. The predicted octanol–water partition coefficient (Wildman–Crippen LogP) is 2.89. The van der Waals surface area contributed by atoms with Crippen molar-refractivity contribution in [2.24, 2.45) is 0 Å². The Kier molecular flexibility index (Phi) is 4.73. The molecule has 1 aromatic heterocycles. The zero-order valence-electron chi connectivity index (χ0n) is 10.9. The van der Waals surface area contributed by atoms with Gasteiger partial charge in [-0.25, -0.2) is 4.98 Å². The molecule has 0 aliphatic rings. The Morgan fingerprint density at radius 3 is 2.72 bits per heavy atom. The summed E-state index contributed by atoms with van der Waals surface area (Å²) in [6.07, 6.45) is 1.96. The fourth-order valence-corrected chi connectivity index (χ4v) is 2.80. The molecule has 4 heteroatoms. The van der Waals surface area contributed by atoms with Crippen LogP contribution in [0.4, 0.5) is 5.13 Å². The van der Waals surface area contributed by atoms with Gasteiger partial charge in [-0.3, -0.25) is 0 Å². The second-order valence-corrected chi connectivity index (χ2v) is 5.23. The normalized spacial score (nSPS) is 10.6. The fraction of sp³-hybridized carbons (Fsp3) is 0.357. The number of nitrogens with zero attached hydrogens (tertiary/aromatic N) is 2. The number of anilines is 1. The summed E-state index contributed by atoms with van der Waals surface area (Å²) in [5.41, 5.74) is 1.32. The Morgan fingerprint density at radius 1 is 1.28 bits per heavy atom. The van der Waals surface area contributed by atoms with Crippen LogP contribution in [0.2, 0.25) is 0 Å². The third-order valence-corrected chi connectivity index (χ3v) is 3.82. The van der Waals surface area contributed by atoms with Gasteiger partial charge in [-0.2, -0.15) is 0 Å². The van der Waals surface area contributed by atoms with Gasteiger partial charge in [-0.15, -0.1) is 11.3 Å². The molecule has 0 saturated carbocycles. The number of nitrogens with one attached hydrogen (secondary N) is 1. The van der Waals surface area contributed by atoms with Gasteiger partial charge in [0, 0.05) is 30.7 Å². The number of aromatic nitrogens is 1. The first-order valence-corrected chi connectivity index (χ1v) is 7.03. The van der Waals surface area contributed by atoms with Gasteiger partial charge in [-0.1, -0.05) is 30.3 Å². The fourth-order valence-electron chi connectivity index (χ4n) is 1.82. The maximum atomic E-state index is 4.51. The molecule has 0 spiro atoms. The number of hydrogen-bond acceptors (Lipinski definition) is 4. The molecule has 0 fully saturated rings. The monoisotopic (exact) mass is 261 g/mol. The third kappa shape index (κ3) is 3.31. The van der Waals surface area contributed by atoms with Crippen LogP contribution in [-0.4, -0.2) is 18.6 Å². The minimum Gasteiger partial charge on any atom is -0.344 e. The van der Waals surface area contributed by atoms with Crippen LogP contribution in [0.3, 0.4) is 0 Å². The van der Waals surface area contributed by atoms with Crippen LogP contribution in [0, 0.1) is 0 Å². The minimum absolute atomic E-state index is 0.889. The minimum atomic E-state index is 0.889. The SMILES string of the molecule is CCN(Cc1ccccc1)c1ncc(CNC)s1. The van der Waals surface area contributed by atoms with Gasteiger partial charge in [0.25, 0.3) is 0 Å². The zero-order chi connectivity index (χ0) is 12.8. The molecule has 0 aliphatic heterocycles. The largest absolute Gasteiger partial charge is 0.344 e. The molecule has 18 heavy (non-hydrogen) atoms. The summed E-state index contributed by atoms with van der Waals surface area (Å²) in [5, 5.41) is 4.26. The van der Waals surface area contributed by atoms with Crippen LogP contribution < -0.4 is 10.2 Å². The van der Waals surface area contributed by atoms with Gasteiger partial charge >= 0.3 is 0 Å². The number of benzene rings is 1. The molecule has 1 heterocycles. The van der Waals surface area contributed by atoms with Crippen molar-refractivity contribution in [1.29, 1.82) is 0 Å². The first-order chi connectivity index (χ1) is 8.83. The molecular formula is C14H19N3S. The van der Waals surface area contributed by atoms with E-state index in [9.17, 15) is 0 Å². The van der Waals surface area contributed by atoms with Gasteiger partial charge in [0.15, 0.2) is 5.13 Å². The molecule has 0 bridgehead atoms. The third-order valence-electron chi connectivity index (χ3n) is 2.76. The lowest BCUT2D eigenvalue weighted by Gasteiger charge is -2.19. The molecule has 2 aromatic rings. The van der Waals surface area contributed by atoms with Crippen LogP contribution >= 0.6 is 11.3 Å². The van der Waals surface area contributed by atoms with Crippen LogP contribution in [0.1, 0.15) is 17.4 Å². The molecule has 0 atom stereocenters. The Bertz CT molecular complexity index is 467. The van der Waals surface area contributed by atoms with E-state index in [2.05, 4.69) is 46.4 Å². The number of hydrogen-bond donors (Lipinski definition) is 1. The van der Waals surface area contributed by atoms with Crippen molar-refractivity contribution in [1.82, 2.24) is 10.3 Å². The molecule has 1 N–H and O–H groups in total. The van der Waals surface area contributed by atoms with E-state index in [4.69, 9.17) is 0 Å². The molecule has 96 valence electrons. The molecule has 3 nitrogen and oxygen atoms in total. The van der Waals surface area contributed by atoms with Crippen molar-refractivity contribution in [3.63, 3.8) is 0 Å². The quantitative estimate of drug-likeness (QED) is 0.866. The highest BCUT2D eigenvalue weighted by Gasteiger charge is 2.09. The first-order valence-electron chi connectivity index (χ1n) is 6.21. The zero-order valence-corrected chi connectivity index (χ0v) is 11.7. The maximum absolute atomic E-state index is 4.51. The van der Waals surface area contributed by atoms with Crippen molar-refractivity contribution in [2.45, 2.75) is 20.0 Å². The summed E-state index contributed by atoms with van der Waals surface area (Å²) in [7, 11) is 1.96. The molecule has 0 radical (unpaired) electrons. The summed E-state index contributed by atoms with van der Waals surface area (Å²) in [6, 6.07) is 10.5. The summed E-state index contributed by atoms with van der Waals surface area (Å²) in [6.45, 7) is 4.95. The van der Waals surface area contributed by atoms with E-state index in [-0.39, 0.29) is 0 Å². The highest BCUT2D eigenvalue weighted by molar-refractivity contribution is 7.15.